The highest BCUT2D eigenvalue weighted by Gasteiger charge is 2.04. The zero-order valence-corrected chi connectivity index (χ0v) is 40.7. The summed E-state index contributed by atoms with van der Waals surface area (Å²) in [5.74, 6) is 0. The number of aliphatic imine (C=N–C) groups is 1. The van der Waals surface area contributed by atoms with Crippen LogP contribution in [0.5, 0.6) is 0 Å². The number of para-hydroxylation sites is 1. The van der Waals surface area contributed by atoms with Crippen molar-refractivity contribution in [2.75, 3.05) is 40.3 Å². The molecule has 10 nitrogen and oxygen atoms in total. The SMILES string of the molecule is CC1=NC=CC1.CN1CCCC1.CN1CCCCC1.Cc1c[nH]c2ccccc12.Cc1c[nH]c2ncccc12.Cc1ccn[nH]1.Cc1ccoc1.Cc1ccsc1.Cc1nccs1. The molecule has 2 saturated heterocycles. The van der Waals surface area contributed by atoms with E-state index in [-0.39, 0.29) is 0 Å². The summed E-state index contributed by atoms with van der Waals surface area (Å²) in [6, 6.07) is 18.3. The predicted molar refractivity (Wildman–Crippen MR) is 271 cm³/mol. The third kappa shape index (κ3) is 23.6. The Balaban J connectivity index is 0.000000190. The molecule has 0 bridgehead atoms. The first-order chi connectivity index (χ1) is 30.5. The minimum absolute atomic E-state index is 0.972. The van der Waals surface area contributed by atoms with Gasteiger partial charge in [-0.25, -0.2) is 4.98 Å². The standard InChI is InChI=1S/C9H9N.C8H8N2.C6H13N.C5H11N.C5H7N.C5H6O.C5H6S.C4H6N2.C4H5NS/c1-7-6-10-9-5-3-2-4-8(7)9;1-6-5-10-8-7(6)3-2-4-9-8;1-7-5-3-2-4-6-7;1-6-4-2-3-5-6;1-5-3-2-4-6-5;2*1-5-2-3-6-4-5;1-4-2-3-5-6-4;1-4-5-2-3-6-4/h2-6,10H,1H3;2-5H,1H3,(H,9,10);2-6H2,1H3;2-5H2,1H3;2,4H,3H2,1H3;2*2-4H,1H3;2-3H,1H3,(H,5,6);2-3H,1H3. The van der Waals surface area contributed by atoms with Crippen molar-refractivity contribution in [3.8, 4) is 0 Å². The van der Waals surface area contributed by atoms with Crippen LogP contribution in [0.25, 0.3) is 21.9 Å². The van der Waals surface area contributed by atoms with Gasteiger partial charge in [-0.05, 0) is 184 Å². The van der Waals surface area contributed by atoms with E-state index >= 15 is 0 Å². The maximum atomic E-state index is 4.71. The summed E-state index contributed by atoms with van der Waals surface area (Å²) >= 11 is 3.41. The third-order valence-corrected chi connectivity index (χ3v) is 11.2. The van der Waals surface area contributed by atoms with Crippen molar-refractivity contribution < 1.29 is 4.42 Å². The number of aromatic nitrogens is 6. The minimum atomic E-state index is 0.972. The van der Waals surface area contributed by atoms with Gasteiger partial charge in [0, 0.05) is 76.7 Å². The van der Waals surface area contributed by atoms with Crippen LogP contribution in [0.3, 0.4) is 0 Å². The van der Waals surface area contributed by atoms with Crippen LogP contribution >= 0.6 is 22.7 Å². The number of thiophene rings is 1. The van der Waals surface area contributed by atoms with E-state index in [1.54, 1.807) is 53.8 Å². The molecule has 0 radical (unpaired) electrons. The fourth-order valence-electron chi connectivity index (χ4n) is 5.98. The smallest absolute Gasteiger partial charge is 0.137 e. The molecule has 0 aliphatic carbocycles. The Kier molecular flexibility index (Phi) is 25.9. The van der Waals surface area contributed by atoms with Crippen LogP contribution in [0, 0.1) is 41.5 Å². The predicted octanol–water partition coefficient (Wildman–Crippen LogP) is 13.3. The number of piperidine rings is 1. The quantitative estimate of drug-likeness (QED) is 0.140. The molecule has 11 rings (SSSR count). The highest BCUT2D eigenvalue weighted by Crippen LogP contribution is 2.16. The van der Waals surface area contributed by atoms with Crippen LogP contribution in [0.15, 0.2) is 136 Å². The summed E-state index contributed by atoms with van der Waals surface area (Å²) in [4.78, 5) is 23.1. The van der Waals surface area contributed by atoms with E-state index in [9.17, 15) is 0 Å². The molecule has 338 valence electrons. The molecular formula is C51H71N9OS2. The van der Waals surface area contributed by atoms with Crippen LogP contribution < -0.4 is 0 Å². The van der Waals surface area contributed by atoms with Gasteiger partial charge in [-0.1, -0.05) is 30.7 Å². The molecule has 3 N–H and O–H groups in total. The molecule has 3 aliphatic heterocycles. The van der Waals surface area contributed by atoms with Crippen molar-refractivity contribution in [1.29, 1.82) is 0 Å². The van der Waals surface area contributed by atoms with Gasteiger partial charge in [-0.2, -0.15) is 16.4 Å². The zero-order chi connectivity index (χ0) is 45.5. The number of allylic oxidation sites excluding steroid dienone is 1. The van der Waals surface area contributed by atoms with E-state index in [2.05, 4.69) is 127 Å². The molecule has 2 fully saturated rings. The molecule has 0 atom stereocenters. The maximum Gasteiger partial charge on any atom is 0.137 e. The first-order valence-electron chi connectivity index (χ1n) is 21.8. The van der Waals surface area contributed by atoms with E-state index in [1.807, 2.05) is 75.9 Å². The maximum absolute atomic E-state index is 4.71. The van der Waals surface area contributed by atoms with Crippen LogP contribution in [0.2, 0.25) is 0 Å². The lowest BCUT2D eigenvalue weighted by Crippen LogP contribution is -2.24. The van der Waals surface area contributed by atoms with Gasteiger partial charge in [0.15, 0.2) is 0 Å². The molecule has 3 aliphatic rings. The number of aryl methyl sites for hydroxylation is 6. The Morgan fingerprint density at radius 2 is 1.33 bits per heavy atom. The Labute approximate surface area is 384 Å². The molecule has 7 aromatic heterocycles. The largest absolute Gasteiger partial charge is 0.472 e. The van der Waals surface area contributed by atoms with Crippen molar-refractivity contribution in [2.45, 2.75) is 87.0 Å². The number of nitrogens with zero attached hydrogens (tertiary/aromatic N) is 6. The lowest BCUT2D eigenvalue weighted by atomic mass is 10.1. The second-order valence-electron chi connectivity index (χ2n) is 15.6. The molecule has 8 aromatic rings. The first kappa shape index (κ1) is 51.9. The molecule has 0 saturated carbocycles. The molecule has 63 heavy (non-hydrogen) atoms. The van der Waals surface area contributed by atoms with Gasteiger partial charge >= 0.3 is 0 Å². The summed E-state index contributed by atoms with van der Waals surface area (Å²) < 4.78 is 4.71. The second-order valence-corrected chi connectivity index (χ2v) is 17.5. The summed E-state index contributed by atoms with van der Waals surface area (Å²) in [6.45, 7) is 19.5. The van der Waals surface area contributed by atoms with Crippen molar-refractivity contribution in [1.82, 2.24) is 39.9 Å². The monoisotopic (exact) mass is 890 g/mol. The number of fused-ring (bicyclic) bond motifs is 2. The van der Waals surface area contributed by atoms with Crippen LogP contribution in [0.1, 0.15) is 78.4 Å². The molecule has 0 spiro atoms. The van der Waals surface area contributed by atoms with Gasteiger partial charge in [-0.3, -0.25) is 15.1 Å². The highest BCUT2D eigenvalue weighted by atomic mass is 32.1. The molecule has 12 heteroatoms. The molecule has 0 unspecified atom stereocenters. The summed E-state index contributed by atoms with van der Waals surface area (Å²) in [6.07, 6.45) is 24.8. The third-order valence-electron chi connectivity index (χ3n) is 9.70. The average molecular weight is 890 g/mol. The van der Waals surface area contributed by atoms with Crippen molar-refractivity contribution in [2.24, 2.45) is 4.99 Å². The van der Waals surface area contributed by atoms with Gasteiger partial charge in [0.25, 0.3) is 0 Å². The second kappa shape index (κ2) is 31.4. The van der Waals surface area contributed by atoms with E-state index in [0.29, 0.717) is 0 Å². The van der Waals surface area contributed by atoms with Gasteiger partial charge in [0.2, 0.25) is 0 Å². The summed E-state index contributed by atoms with van der Waals surface area (Å²) in [5.41, 5.74) is 9.62. The molecule has 1 aromatic carbocycles. The number of likely N-dealkylation sites (tertiary alicyclic amines) is 2. The first-order valence-corrected chi connectivity index (χ1v) is 23.6. The fraction of sp³-hybridized carbons (Fsp3) is 0.373. The van der Waals surface area contributed by atoms with Crippen molar-refractivity contribution in [3.63, 3.8) is 0 Å². The number of aromatic amines is 3. The van der Waals surface area contributed by atoms with E-state index < -0.39 is 0 Å². The fourth-order valence-corrected chi connectivity index (χ4v) is 7.08. The number of pyridine rings is 1. The van der Waals surface area contributed by atoms with Crippen molar-refractivity contribution >= 4 is 50.3 Å². The number of benzene rings is 1. The average Bonchev–Trinajstić information content (AvgIpc) is 4.13. The highest BCUT2D eigenvalue weighted by molar-refractivity contribution is 7.09. The summed E-state index contributed by atoms with van der Waals surface area (Å²) in [5, 5.41) is 16.3. The lowest BCUT2D eigenvalue weighted by molar-refractivity contribution is 0.277. The summed E-state index contributed by atoms with van der Waals surface area (Å²) in [7, 11) is 4.37. The number of furan rings is 1. The molecule has 10 heterocycles. The number of hydrogen-bond donors (Lipinski definition) is 3. The number of hydrogen-bond acceptors (Lipinski definition) is 9. The van der Waals surface area contributed by atoms with E-state index in [0.717, 1.165) is 22.8 Å². The van der Waals surface area contributed by atoms with E-state index in [1.165, 1.54) is 103 Å². The van der Waals surface area contributed by atoms with Crippen LogP contribution in [0.4, 0.5) is 0 Å². The van der Waals surface area contributed by atoms with Crippen molar-refractivity contribution in [3.05, 3.63) is 159 Å². The Morgan fingerprint density at radius 1 is 0.651 bits per heavy atom. The number of nitrogens with one attached hydrogen (secondary N) is 3. The van der Waals surface area contributed by atoms with Crippen LogP contribution in [-0.4, -0.2) is 85.9 Å². The normalized spacial score (nSPS) is 13.7. The zero-order valence-electron chi connectivity index (χ0n) is 39.1. The minimum Gasteiger partial charge on any atom is -0.472 e. The molecule has 0 amide bonds. The van der Waals surface area contributed by atoms with Gasteiger partial charge < -0.3 is 24.2 Å². The van der Waals surface area contributed by atoms with Gasteiger partial charge in [-0.15, -0.1) is 11.3 Å². The van der Waals surface area contributed by atoms with E-state index in [4.69, 9.17) is 4.42 Å². The number of rotatable bonds is 0. The Morgan fingerprint density at radius 3 is 1.70 bits per heavy atom. The molecular weight excluding hydrogens is 819 g/mol. The van der Waals surface area contributed by atoms with Gasteiger partial charge in [0.05, 0.1) is 17.5 Å². The number of thiazole rings is 1. The van der Waals surface area contributed by atoms with Crippen LogP contribution in [-0.2, 0) is 0 Å². The Hall–Kier alpha value is -5.40. The number of H-pyrrole nitrogens is 3. The topological polar surface area (TPSA) is 118 Å². The lowest BCUT2D eigenvalue weighted by Gasteiger charge is -2.20. The Bertz CT molecular complexity index is 2110. The van der Waals surface area contributed by atoms with Gasteiger partial charge in [0.1, 0.15) is 5.65 Å².